The van der Waals surface area contributed by atoms with Crippen molar-refractivity contribution in [1.29, 1.82) is 0 Å². The minimum absolute atomic E-state index is 0.142. The number of aliphatic carboxylic acids is 1. The van der Waals surface area contributed by atoms with Gasteiger partial charge in [0.1, 0.15) is 13.2 Å². The molecule has 0 saturated heterocycles. The van der Waals surface area contributed by atoms with Gasteiger partial charge in [0.25, 0.3) is 0 Å². The third kappa shape index (κ3) is 52.1. The number of quaternary nitrogens is 1. The molecule has 0 aromatic rings. The number of ether oxygens (including phenoxy) is 4. The highest BCUT2D eigenvalue weighted by Gasteiger charge is 2.22. The first-order valence-corrected chi connectivity index (χ1v) is 27.7. The van der Waals surface area contributed by atoms with E-state index in [1.165, 1.54) is 89.9 Å². The van der Waals surface area contributed by atoms with Crippen LogP contribution in [0.25, 0.3) is 0 Å². The maximum Gasteiger partial charge on any atom is 0.306 e. The lowest BCUT2D eigenvalue weighted by molar-refractivity contribution is -0.870. The fourth-order valence-corrected chi connectivity index (χ4v) is 7.36. The molecule has 0 N–H and O–H groups in total. The molecular formula is C60H103NO8. The predicted molar refractivity (Wildman–Crippen MR) is 288 cm³/mol. The molecule has 2 unspecified atom stereocenters. The van der Waals surface area contributed by atoms with Crippen LogP contribution in [0.1, 0.15) is 219 Å². The topological polar surface area (TPSA) is 111 Å². The van der Waals surface area contributed by atoms with E-state index in [2.05, 4.69) is 98.9 Å². The van der Waals surface area contributed by atoms with E-state index in [1.54, 1.807) is 0 Å². The summed E-state index contributed by atoms with van der Waals surface area (Å²) >= 11 is 0. The van der Waals surface area contributed by atoms with Crippen LogP contribution in [-0.2, 0) is 33.3 Å². The molecule has 0 rings (SSSR count). The largest absolute Gasteiger partial charge is 0.545 e. The summed E-state index contributed by atoms with van der Waals surface area (Å²) in [6, 6.07) is 0. The number of hydrogen-bond acceptors (Lipinski definition) is 8. The second-order valence-corrected chi connectivity index (χ2v) is 19.5. The minimum atomic E-state index is -1.63. The molecule has 0 spiro atoms. The molecule has 0 radical (unpaired) electrons. The van der Waals surface area contributed by atoms with E-state index in [-0.39, 0.29) is 38.6 Å². The smallest absolute Gasteiger partial charge is 0.306 e. The summed E-state index contributed by atoms with van der Waals surface area (Å²) in [6.07, 6.45) is 63.3. The highest BCUT2D eigenvalue weighted by molar-refractivity contribution is 5.70. The van der Waals surface area contributed by atoms with Crippen LogP contribution in [-0.4, -0.2) is 82.3 Å². The van der Waals surface area contributed by atoms with Crippen molar-refractivity contribution < 1.29 is 42.9 Å². The molecule has 9 nitrogen and oxygen atoms in total. The molecule has 0 aliphatic rings. The standard InChI is InChI=1S/C60H103NO8/c1-6-8-10-12-14-16-18-20-22-24-25-26-27-28-29-30-31-32-33-35-37-39-41-43-45-47-49-51-58(63)69-56(55-68-60(59(64)65)66-53-52-61(3,4)5)54-67-57(62)50-48-46-44-42-40-38-36-34-23-21-19-17-15-13-11-9-7-2/h8,10,14-17,20-23,25-26,28-29,56,60H,6-7,9,11-13,18-19,24,27,30-55H2,1-5H3/b10-8-,16-14-,17-15-,22-20-,23-21-,26-25-,29-28-. The van der Waals surface area contributed by atoms with Crippen molar-refractivity contribution in [2.24, 2.45) is 0 Å². The number of likely N-dealkylation sites (N-methyl/N-ethyl adjacent to an activating group) is 1. The quantitative estimate of drug-likeness (QED) is 0.0195. The van der Waals surface area contributed by atoms with E-state index < -0.39 is 24.3 Å². The fraction of sp³-hybridized carbons (Fsp3) is 0.717. The van der Waals surface area contributed by atoms with E-state index in [9.17, 15) is 19.5 Å². The van der Waals surface area contributed by atoms with E-state index in [4.69, 9.17) is 18.9 Å². The molecule has 2 atom stereocenters. The van der Waals surface area contributed by atoms with Crippen LogP contribution < -0.4 is 5.11 Å². The van der Waals surface area contributed by atoms with Gasteiger partial charge in [-0.25, -0.2) is 0 Å². The van der Waals surface area contributed by atoms with Crippen molar-refractivity contribution >= 4 is 17.9 Å². The molecule has 0 aromatic carbocycles. The van der Waals surface area contributed by atoms with Crippen molar-refractivity contribution in [3.8, 4) is 0 Å². The van der Waals surface area contributed by atoms with Crippen molar-refractivity contribution in [2.75, 3.05) is 47.5 Å². The summed E-state index contributed by atoms with van der Waals surface area (Å²) in [4.78, 5) is 37.2. The van der Waals surface area contributed by atoms with E-state index in [1.807, 2.05) is 21.1 Å². The molecule has 9 heteroatoms. The number of hydrogen-bond donors (Lipinski definition) is 0. The Balaban J connectivity index is 4.28. The Hall–Kier alpha value is -3.53. The first kappa shape index (κ1) is 65.5. The third-order valence-corrected chi connectivity index (χ3v) is 11.6. The molecule has 0 fully saturated rings. The van der Waals surface area contributed by atoms with E-state index >= 15 is 0 Å². The zero-order valence-corrected chi connectivity index (χ0v) is 44.9. The Morgan fingerprint density at radius 1 is 0.449 bits per heavy atom. The van der Waals surface area contributed by atoms with Gasteiger partial charge in [-0.1, -0.05) is 202 Å². The van der Waals surface area contributed by atoms with Crippen LogP contribution in [0.4, 0.5) is 0 Å². The lowest BCUT2D eigenvalue weighted by Gasteiger charge is -2.26. The summed E-state index contributed by atoms with van der Waals surface area (Å²) in [5.41, 5.74) is 0. The SMILES string of the molecule is CC/C=C\C/C=C\C/C=C\C/C=C\C/C=C\CCCCCCCCCCCCCC(=O)OC(COC(=O)CCCCCCCCC/C=C\C/C=C\CCCCC)COC(OCC[N+](C)(C)C)C(=O)[O-]. The molecule has 396 valence electrons. The molecule has 0 saturated carbocycles. The Morgan fingerprint density at radius 3 is 1.23 bits per heavy atom. The van der Waals surface area contributed by atoms with Gasteiger partial charge in [0.2, 0.25) is 0 Å². The number of carboxylic acids is 1. The zero-order chi connectivity index (χ0) is 50.6. The molecular weight excluding hydrogens is 863 g/mol. The molecule has 0 heterocycles. The van der Waals surface area contributed by atoms with Crippen molar-refractivity contribution in [2.45, 2.75) is 232 Å². The first-order valence-electron chi connectivity index (χ1n) is 27.7. The first-order chi connectivity index (χ1) is 33.6. The van der Waals surface area contributed by atoms with Crippen LogP contribution in [0.2, 0.25) is 0 Å². The second-order valence-electron chi connectivity index (χ2n) is 19.5. The van der Waals surface area contributed by atoms with Crippen molar-refractivity contribution in [3.63, 3.8) is 0 Å². The maximum atomic E-state index is 12.9. The van der Waals surface area contributed by atoms with Gasteiger partial charge in [0.05, 0.1) is 40.3 Å². The Morgan fingerprint density at radius 2 is 0.826 bits per heavy atom. The highest BCUT2D eigenvalue weighted by atomic mass is 16.7. The number of esters is 2. The molecule has 0 aliphatic heterocycles. The van der Waals surface area contributed by atoms with Gasteiger partial charge < -0.3 is 33.3 Å². The zero-order valence-electron chi connectivity index (χ0n) is 44.9. The summed E-state index contributed by atoms with van der Waals surface area (Å²) in [6.45, 7) is 4.59. The number of unbranched alkanes of at least 4 members (excludes halogenated alkanes) is 21. The van der Waals surface area contributed by atoms with Crippen LogP contribution in [0.3, 0.4) is 0 Å². The predicted octanol–water partition coefficient (Wildman–Crippen LogP) is 14.7. The van der Waals surface area contributed by atoms with Crippen LogP contribution in [0.5, 0.6) is 0 Å². The normalized spacial score (nSPS) is 13.5. The molecule has 0 amide bonds. The lowest BCUT2D eigenvalue weighted by Crippen LogP contribution is -2.44. The van der Waals surface area contributed by atoms with Crippen LogP contribution in [0, 0.1) is 0 Å². The van der Waals surface area contributed by atoms with Gasteiger partial charge in [-0.2, -0.15) is 0 Å². The van der Waals surface area contributed by atoms with Crippen molar-refractivity contribution in [1.82, 2.24) is 0 Å². The van der Waals surface area contributed by atoms with Gasteiger partial charge in [-0.05, 0) is 89.9 Å². The number of carbonyl (C=O) groups excluding carboxylic acids is 3. The fourth-order valence-electron chi connectivity index (χ4n) is 7.36. The maximum absolute atomic E-state index is 12.9. The molecule has 0 aromatic heterocycles. The molecule has 0 bridgehead atoms. The summed E-state index contributed by atoms with van der Waals surface area (Å²) < 4.78 is 22.7. The number of carboxylic acid groups (broad SMARTS) is 1. The third-order valence-electron chi connectivity index (χ3n) is 11.6. The average Bonchev–Trinajstić information content (AvgIpc) is 3.31. The summed E-state index contributed by atoms with van der Waals surface area (Å²) in [5, 5.41) is 11.8. The van der Waals surface area contributed by atoms with Crippen molar-refractivity contribution in [3.05, 3.63) is 85.1 Å². The van der Waals surface area contributed by atoms with Crippen LogP contribution >= 0.6 is 0 Å². The number of nitrogens with zero attached hydrogens (tertiary/aromatic N) is 1. The monoisotopic (exact) mass is 966 g/mol. The van der Waals surface area contributed by atoms with Gasteiger partial charge in [0, 0.05) is 12.8 Å². The number of carbonyl (C=O) groups is 3. The van der Waals surface area contributed by atoms with Gasteiger partial charge >= 0.3 is 11.9 Å². The Kier molecular flexibility index (Phi) is 48.2. The second kappa shape index (κ2) is 50.8. The van der Waals surface area contributed by atoms with Crippen LogP contribution in [0.15, 0.2) is 85.1 Å². The summed E-state index contributed by atoms with van der Waals surface area (Å²) in [7, 11) is 5.91. The highest BCUT2D eigenvalue weighted by Crippen LogP contribution is 2.15. The average molecular weight is 966 g/mol. The summed E-state index contributed by atoms with van der Waals surface area (Å²) in [5.74, 6) is -2.30. The molecule has 0 aliphatic carbocycles. The van der Waals surface area contributed by atoms with E-state index in [0.717, 1.165) is 96.3 Å². The van der Waals surface area contributed by atoms with Gasteiger partial charge in [-0.15, -0.1) is 0 Å². The number of rotatable bonds is 50. The van der Waals surface area contributed by atoms with Gasteiger partial charge in [-0.3, -0.25) is 9.59 Å². The Labute approximate surface area is 423 Å². The number of allylic oxidation sites excluding steroid dienone is 14. The Bertz CT molecular complexity index is 1400. The minimum Gasteiger partial charge on any atom is -0.545 e. The van der Waals surface area contributed by atoms with Gasteiger partial charge in [0.15, 0.2) is 12.4 Å². The lowest BCUT2D eigenvalue weighted by atomic mass is 10.0. The van der Waals surface area contributed by atoms with E-state index in [0.29, 0.717) is 17.4 Å². The molecule has 69 heavy (non-hydrogen) atoms.